The molecule has 0 N–H and O–H groups in total. The van der Waals surface area contributed by atoms with E-state index in [1.807, 2.05) is 38.7 Å². The van der Waals surface area contributed by atoms with Gasteiger partial charge >= 0.3 is 12.1 Å². The summed E-state index contributed by atoms with van der Waals surface area (Å²) in [7, 11) is 0. The first-order valence-electron chi connectivity index (χ1n) is 16.2. The first kappa shape index (κ1) is 31.4. The zero-order valence-electron chi connectivity index (χ0n) is 27.4. The summed E-state index contributed by atoms with van der Waals surface area (Å²) in [5.41, 5.74) is 7.24. The molecule has 2 atom stereocenters. The number of carbonyl (C=O) groups excluding carboxylic acids is 2. The second-order valence-electron chi connectivity index (χ2n) is 13.7. The number of anilines is 1. The molecule has 3 aliphatic rings. The minimum absolute atomic E-state index is 0.0245. The largest absolute Gasteiger partial charge is 0.488 e. The Morgan fingerprint density at radius 2 is 1.89 bits per heavy atom. The lowest BCUT2D eigenvalue weighted by atomic mass is 9.94. The molecule has 2 aliphatic heterocycles. The molecule has 1 unspecified atom stereocenters. The molecule has 2 aromatic carbocycles. The highest BCUT2D eigenvalue weighted by Crippen LogP contribution is 2.59. The fourth-order valence-electron chi connectivity index (χ4n) is 6.80. The monoisotopic (exact) mass is 631 g/mol. The quantitative estimate of drug-likeness (QED) is 0.257. The molecular weight excluding hydrogens is 586 g/mol. The number of nitrogens with zero attached hydrogens (tertiary/aromatic N) is 3. The van der Waals surface area contributed by atoms with Crippen LogP contribution >= 0.6 is 11.3 Å². The van der Waals surface area contributed by atoms with Crippen molar-refractivity contribution < 1.29 is 23.8 Å². The predicted molar refractivity (Wildman–Crippen MR) is 177 cm³/mol. The van der Waals surface area contributed by atoms with Crippen LogP contribution in [-0.2, 0) is 33.7 Å². The third-order valence-corrected chi connectivity index (χ3v) is 10.4. The highest BCUT2D eigenvalue weighted by molar-refractivity contribution is 7.14. The maximum atomic E-state index is 12.7. The summed E-state index contributed by atoms with van der Waals surface area (Å²) >= 11 is 1.65. The molecule has 45 heavy (non-hydrogen) atoms. The Kier molecular flexibility index (Phi) is 8.59. The first-order valence-corrected chi connectivity index (χ1v) is 17.0. The lowest BCUT2D eigenvalue weighted by molar-refractivity contribution is -0.150. The third-order valence-electron chi connectivity index (χ3n) is 9.48. The highest BCUT2D eigenvalue weighted by Gasteiger charge is 2.63. The minimum atomic E-state index is -0.506. The SMILES string of the molecule is CCOC(=O)[C@@]12CCN(c3nc(-c4cc(C)ccc4OCc4ccc5c(c4C)CCN(C(=O)OC(C)(C)C)CC5)cs3)CC1C2. The number of hydrogen-bond donors (Lipinski definition) is 0. The molecule has 1 saturated heterocycles. The van der Waals surface area contributed by atoms with Gasteiger partial charge in [-0.1, -0.05) is 23.8 Å². The van der Waals surface area contributed by atoms with Gasteiger partial charge in [-0.25, -0.2) is 9.78 Å². The van der Waals surface area contributed by atoms with E-state index in [4.69, 9.17) is 19.2 Å². The van der Waals surface area contributed by atoms with Crippen LogP contribution in [0.15, 0.2) is 35.7 Å². The molecule has 2 fully saturated rings. The molecule has 240 valence electrons. The van der Waals surface area contributed by atoms with Crippen LogP contribution in [0.3, 0.4) is 0 Å². The second kappa shape index (κ2) is 12.3. The summed E-state index contributed by atoms with van der Waals surface area (Å²) in [4.78, 5) is 34.5. The molecule has 0 bridgehead atoms. The predicted octanol–water partition coefficient (Wildman–Crippen LogP) is 7.12. The fourth-order valence-corrected chi connectivity index (χ4v) is 7.66. The molecule has 0 spiro atoms. The van der Waals surface area contributed by atoms with Crippen LogP contribution in [-0.4, -0.2) is 60.3 Å². The molecule has 1 aromatic heterocycles. The second-order valence-corrected chi connectivity index (χ2v) is 14.6. The lowest BCUT2D eigenvalue weighted by Gasteiger charge is -2.30. The van der Waals surface area contributed by atoms with E-state index >= 15 is 0 Å². The summed E-state index contributed by atoms with van der Waals surface area (Å²) < 4.78 is 17.5. The van der Waals surface area contributed by atoms with Gasteiger partial charge < -0.3 is 24.0 Å². The normalized spacial score (nSPS) is 21.0. The van der Waals surface area contributed by atoms with Gasteiger partial charge in [0, 0.05) is 37.1 Å². The fraction of sp³-hybridized carbons (Fsp3) is 0.528. The first-order chi connectivity index (χ1) is 21.5. The number of ether oxygens (including phenoxy) is 3. The average Bonchev–Trinajstić information content (AvgIpc) is 3.62. The average molecular weight is 632 g/mol. The molecule has 1 aliphatic carbocycles. The molecule has 3 aromatic rings. The van der Waals surface area contributed by atoms with E-state index in [0.717, 1.165) is 72.0 Å². The molecule has 8 nitrogen and oxygen atoms in total. The number of carbonyl (C=O) groups is 2. The van der Waals surface area contributed by atoms with Crippen molar-refractivity contribution in [2.45, 2.75) is 79.4 Å². The lowest BCUT2D eigenvalue weighted by Crippen LogP contribution is -2.38. The zero-order chi connectivity index (χ0) is 31.9. The maximum absolute atomic E-state index is 12.7. The molecule has 9 heteroatoms. The standard InChI is InChI=1S/C36H45N3O5S/c1-7-42-32(40)36-14-17-39(20-27(36)19-36)33-37-30(22-45-33)29-18-23(2)8-11-31(29)43-21-26-10-9-25-12-15-38(16-13-28(25)24(26)3)34(41)44-35(4,5)6/h8-11,18,22,27H,7,12-17,19-21H2,1-6H3/t27?,36-/m1/s1. The van der Waals surface area contributed by atoms with Gasteiger partial charge in [-0.15, -0.1) is 11.3 Å². The molecule has 0 radical (unpaired) electrons. The van der Waals surface area contributed by atoms with Crippen molar-refractivity contribution in [3.63, 3.8) is 0 Å². The van der Waals surface area contributed by atoms with E-state index in [1.54, 1.807) is 11.3 Å². The van der Waals surface area contributed by atoms with E-state index in [0.29, 0.717) is 32.2 Å². The van der Waals surface area contributed by atoms with E-state index < -0.39 is 5.60 Å². The van der Waals surface area contributed by atoms with Crippen LogP contribution in [0.4, 0.5) is 9.93 Å². The Balaban J connectivity index is 1.13. The highest BCUT2D eigenvalue weighted by atomic mass is 32.1. The van der Waals surface area contributed by atoms with Crippen LogP contribution in [0.2, 0.25) is 0 Å². The number of piperidine rings is 1. The Bertz CT molecular complexity index is 1590. The van der Waals surface area contributed by atoms with Crippen molar-refractivity contribution >= 4 is 28.5 Å². The number of fused-ring (bicyclic) bond motifs is 2. The molecule has 6 rings (SSSR count). The summed E-state index contributed by atoms with van der Waals surface area (Å²) in [5, 5.41) is 3.10. The Labute approximate surface area is 270 Å². The van der Waals surface area contributed by atoms with Crippen molar-refractivity contribution in [3.8, 4) is 17.0 Å². The van der Waals surface area contributed by atoms with Crippen LogP contribution < -0.4 is 9.64 Å². The van der Waals surface area contributed by atoms with Crippen molar-refractivity contribution in [1.29, 1.82) is 0 Å². The summed E-state index contributed by atoms with van der Waals surface area (Å²) in [6.07, 6.45) is 3.10. The van der Waals surface area contributed by atoms with Gasteiger partial charge in [0.1, 0.15) is 18.0 Å². The van der Waals surface area contributed by atoms with Crippen LogP contribution in [0.25, 0.3) is 11.3 Å². The van der Waals surface area contributed by atoms with Gasteiger partial charge in [-0.2, -0.15) is 0 Å². The number of amides is 1. The van der Waals surface area contributed by atoms with Gasteiger partial charge in [0.05, 0.1) is 17.7 Å². The number of rotatable bonds is 7. The van der Waals surface area contributed by atoms with Crippen LogP contribution in [0, 0.1) is 25.2 Å². The van der Waals surface area contributed by atoms with Gasteiger partial charge in [0.2, 0.25) is 0 Å². The minimum Gasteiger partial charge on any atom is -0.488 e. The number of aryl methyl sites for hydroxylation is 1. The van der Waals surface area contributed by atoms with Crippen molar-refractivity contribution in [2.75, 3.05) is 37.7 Å². The number of hydrogen-bond acceptors (Lipinski definition) is 8. The molecular formula is C36H45N3O5S. The van der Waals surface area contributed by atoms with Crippen LogP contribution in [0.1, 0.15) is 68.4 Å². The summed E-state index contributed by atoms with van der Waals surface area (Å²) in [5.74, 6) is 1.13. The van der Waals surface area contributed by atoms with E-state index in [2.05, 4.69) is 48.4 Å². The van der Waals surface area contributed by atoms with Crippen molar-refractivity contribution in [2.24, 2.45) is 11.3 Å². The number of benzene rings is 2. The number of esters is 1. The van der Waals surface area contributed by atoms with E-state index in [-0.39, 0.29) is 17.5 Å². The zero-order valence-corrected chi connectivity index (χ0v) is 28.2. The molecule has 1 saturated carbocycles. The molecule has 3 heterocycles. The maximum Gasteiger partial charge on any atom is 0.410 e. The Morgan fingerprint density at radius 1 is 1.09 bits per heavy atom. The Hall–Kier alpha value is -3.59. The van der Waals surface area contributed by atoms with Gasteiger partial charge in [0.15, 0.2) is 5.13 Å². The Morgan fingerprint density at radius 3 is 2.64 bits per heavy atom. The summed E-state index contributed by atoms with van der Waals surface area (Å²) in [6, 6.07) is 10.6. The number of aromatic nitrogens is 1. The van der Waals surface area contributed by atoms with Crippen molar-refractivity contribution in [1.82, 2.24) is 9.88 Å². The van der Waals surface area contributed by atoms with Gasteiger partial charge in [-0.3, -0.25) is 4.79 Å². The summed E-state index contributed by atoms with van der Waals surface area (Å²) in [6.45, 7) is 15.7. The van der Waals surface area contributed by atoms with Crippen molar-refractivity contribution in [3.05, 3.63) is 63.5 Å². The van der Waals surface area contributed by atoms with Gasteiger partial charge in [-0.05, 0) is 108 Å². The van der Waals surface area contributed by atoms with E-state index in [1.165, 1.54) is 16.7 Å². The third kappa shape index (κ3) is 6.55. The van der Waals surface area contributed by atoms with E-state index in [9.17, 15) is 9.59 Å². The smallest absolute Gasteiger partial charge is 0.410 e. The molecule has 1 amide bonds. The topological polar surface area (TPSA) is 81.2 Å². The van der Waals surface area contributed by atoms with Gasteiger partial charge in [0.25, 0.3) is 0 Å². The number of thiazole rings is 1. The van der Waals surface area contributed by atoms with Crippen LogP contribution in [0.5, 0.6) is 5.75 Å².